The Bertz CT molecular complexity index is 473. The third-order valence-corrected chi connectivity index (χ3v) is 4.25. The largest absolute Gasteiger partial charge is 0.463 e. The lowest BCUT2D eigenvalue weighted by atomic mass is 9.97. The highest BCUT2D eigenvalue weighted by atomic mass is 16.7. The molecule has 0 radical (unpaired) electrons. The van der Waals surface area contributed by atoms with Crippen molar-refractivity contribution in [2.24, 2.45) is 0 Å². The maximum Gasteiger partial charge on any atom is 0.302 e. The minimum absolute atomic E-state index is 0.436. The lowest BCUT2D eigenvalue weighted by Gasteiger charge is -2.45. The van der Waals surface area contributed by atoms with Gasteiger partial charge in [-0.25, -0.2) is 0 Å². The van der Waals surface area contributed by atoms with Crippen molar-refractivity contribution in [3.8, 4) is 0 Å². The standard InChI is InChI=1S/C14H24O12/c1-4(16)23-3-6-7(17)8(18)11(21)14(25-6)26-12-5(2-15)24-13(22)10(20)9(12)19/h5-15,17-22H,2-3H2,1H3/t5?,6?,7-,8?,9?,10?,11?,12+,13?,14-/m0/s1. The number of ether oxygens (including phenoxy) is 4. The molecular weight excluding hydrogens is 360 g/mol. The Morgan fingerprint density at radius 2 is 1.54 bits per heavy atom. The summed E-state index contributed by atoms with van der Waals surface area (Å²) >= 11 is 0. The van der Waals surface area contributed by atoms with Crippen molar-refractivity contribution in [2.75, 3.05) is 13.2 Å². The fraction of sp³-hybridized carbons (Fsp3) is 0.929. The number of rotatable bonds is 5. The maximum atomic E-state index is 10.9. The van der Waals surface area contributed by atoms with Crippen LogP contribution in [0, 0.1) is 0 Å². The molecule has 0 aromatic rings. The molecule has 12 nitrogen and oxygen atoms in total. The van der Waals surface area contributed by atoms with Gasteiger partial charge >= 0.3 is 5.97 Å². The summed E-state index contributed by atoms with van der Waals surface area (Å²) in [5, 5.41) is 68.4. The number of carbonyl (C=O) groups excluding carboxylic acids is 1. The van der Waals surface area contributed by atoms with E-state index < -0.39 is 80.6 Å². The van der Waals surface area contributed by atoms with Crippen LogP contribution in [0.3, 0.4) is 0 Å². The Balaban J connectivity index is 2.10. The van der Waals surface area contributed by atoms with Crippen LogP contribution in [0.1, 0.15) is 6.92 Å². The summed E-state index contributed by atoms with van der Waals surface area (Å²) in [4.78, 5) is 10.9. The summed E-state index contributed by atoms with van der Waals surface area (Å²) in [6.45, 7) is -0.00621. The van der Waals surface area contributed by atoms with Crippen LogP contribution >= 0.6 is 0 Å². The fourth-order valence-electron chi connectivity index (χ4n) is 2.76. The van der Waals surface area contributed by atoms with Gasteiger partial charge in [-0.05, 0) is 0 Å². The molecule has 0 spiro atoms. The van der Waals surface area contributed by atoms with Crippen molar-refractivity contribution in [3.63, 3.8) is 0 Å². The van der Waals surface area contributed by atoms with Gasteiger partial charge in [0.05, 0.1) is 6.61 Å². The predicted molar refractivity (Wildman–Crippen MR) is 78.2 cm³/mol. The quantitative estimate of drug-likeness (QED) is 0.224. The van der Waals surface area contributed by atoms with Crippen LogP contribution in [0.15, 0.2) is 0 Å². The van der Waals surface area contributed by atoms with Gasteiger partial charge in [-0.2, -0.15) is 0 Å². The van der Waals surface area contributed by atoms with E-state index >= 15 is 0 Å². The van der Waals surface area contributed by atoms with Gasteiger partial charge in [0.15, 0.2) is 12.6 Å². The van der Waals surface area contributed by atoms with E-state index in [1.165, 1.54) is 0 Å². The van der Waals surface area contributed by atoms with E-state index in [4.69, 9.17) is 18.9 Å². The molecule has 2 rings (SSSR count). The second kappa shape index (κ2) is 8.84. The Hall–Kier alpha value is -0.930. The van der Waals surface area contributed by atoms with Gasteiger partial charge in [-0.3, -0.25) is 4.79 Å². The van der Waals surface area contributed by atoms with Gasteiger partial charge in [0.1, 0.15) is 55.4 Å². The van der Waals surface area contributed by atoms with E-state index in [2.05, 4.69) is 0 Å². The van der Waals surface area contributed by atoms with Crippen LogP contribution in [0.25, 0.3) is 0 Å². The molecule has 0 aromatic heterocycles. The molecule has 0 aromatic carbocycles. The van der Waals surface area contributed by atoms with Crippen LogP contribution in [-0.2, 0) is 23.7 Å². The summed E-state index contributed by atoms with van der Waals surface area (Å²) in [6, 6.07) is 0. The second-order valence-electron chi connectivity index (χ2n) is 6.15. The van der Waals surface area contributed by atoms with Gasteiger partial charge in [-0.15, -0.1) is 0 Å². The molecule has 2 heterocycles. The van der Waals surface area contributed by atoms with Crippen molar-refractivity contribution in [1.29, 1.82) is 0 Å². The average Bonchev–Trinajstić information content (AvgIpc) is 2.60. The first-order valence-electron chi connectivity index (χ1n) is 7.96. The number of aliphatic hydroxyl groups is 7. The molecule has 0 aliphatic carbocycles. The monoisotopic (exact) mass is 384 g/mol. The third-order valence-electron chi connectivity index (χ3n) is 4.25. The zero-order valence-electron chi connectivity index (χ0n) is 13.9. The van der Waals surface area contributed by atoms with E-state index in [0.717, 1.165) is 6.92 Å². The van der Waals surface area contributed by atoms with Crippen LogP contribution in [0.2, 0.25) is 0 Å². The van der Waals surface area contributed by atoms with Crippen LogP contribution in [0.4, 0.5) is 0 Å². The molecule has 10 atom stereocenters. The van der Waals surface area contributed by atoms with Crippen LogP contribution in [-0.4, -0.2) is 116 Å². The SMILES string of the molecule is CC(=O)OCC1O[C@@H](O[C@@H]2C(CO)OC(O)C(O)C2O)C(O)C(O)[C@H]1O. The Morgan fingerprint density at radius 3 is 2.12 bits per heavy atom. The number of carbonyl (C=O) groups is 1. The summed E-state index contributed by atoms with van der Waals surface area (Å²) in [5.74, 6) is -0.660. The van der Waals surface area contributed by atoms with Crippen LogP contribution < -0.4 is 0 Å². The molecule has 152 valence electrons. The topological polar surface area (TPSA) is 196 Å². The zero-order valence-corrected chi connectivity index (χ0v) is 13.9. The van der Waals surface area contributed by atoms with Gasteiger partial charge in [0.25, 0.3) is 0 Å². The van der Waals surface area contributed by atoms with E-state index in [9.17, 15) is 40.5 Å². The van der Waals surface area contributed by atoms with Crippen molar-refractivity contribution in [2.45, 2.75) is 68.3 Å². The lowest BCUT2D eigenvalue weighted by Crippen LogP contribution is -2.64. The van der Waals surface area contributed by atoms with Crippen LogP contribution in [0.5, 0.6) is 0 Å². The number of esters is 1. The molecule has 2 fully saturated rings. The predicted octanol–water partition coefficient (Wildman–Crippen LogP) is -4.83. The Labute approximate surface area is 148 Å². The average molecular weight is 384 g/mol. The first-order valence-corrected chi connectivity index (χ1v) is 7.96. The lowest BCUT2D eigenvalue weighted by molar-refractivity contribution is -0.355. The van der Waals surface area contributed by atoms with Crippen molar-refractivity contribution >= 4 is 5.97 Å². The molecular formula is C14H24O12. The first kappa shape index (κ1) is 21.4. The highest BCUT2D eigenvalue weighted by molar-refractivity contribution is 5.65. The van der Waals surface area contributed by atoms with Gasteiger partial charge in [0, 0.05) is 6.92 Å². The van der Waals surface area contributed by atoms with E-state index in [1.54, 1.807) is 0 Å². The minimum atomic E-state index is -1.76. The third kappa shape index (κ3) is 4.48. The normalized spacial score (nSPS) is 46.8. The molecule has 12 heteroatoms. The zero-order chi connectivity index (χ0) is 19.6. The smallest absolute Gasteiger partial charge is 0.302 e. The molecule has 2 aliphatic rings. The highest BCUT2D eigenvalue weighted by Gasteiger charge is 2.50. The molecule has 7 N–H and O–H groups in total. The molecule has 7 unspecified atom stereocenters. The van der Waals surface area contributed by atoms with E-state index in [0.29, 0.717) is 0 Å². The second-order valence-corrected chi connectivity index (χ2v) is 6.15. The van der Waals surface area contributed by atoms with Crippen molar-refractivity contribution in [3.05, 3.63) is 0 Å². The van der Waals surface area contributed by atoms with E-state index in [1.807, 2.05) is 0 Å². The number of aliphatic hydroxyl groups excluding tert-OH is 7. The number of hydrogen-bond donors (Lipinski definition) is 7. The summed E-state index contributed by atoms with van der Waals surface area (Å²) in [6.07, 6.45) is -15.8. The summed E-state index contributed by atoms with van der Waals surface area (Å²) < 4.78 is 20.3. The first-order chi connectivity index (χ1) is 12.2. The van der Waals surface area contributed by atoms with Gasteiger partial charge < -0.3 is 54.7 Å². The molecule has 0 bridgehead atoms. The molecule has 26 heavy (non-hydrogen) atoms. The van der Waals surface area contributed by atoms with Gasteiger partial charge in [-0.1, -0.05) is 0 Å². The summed E-state index contributed by atoms with van der Waals surface area (Å²) in [7, 11) is 0. The Kier molecular flexibility index (Phi) is 7.27. The molecule has 2 aliphatic heterocycles. The summed E-state index contributed by atoms with van der Waals surface area (Å²) in [5.41, 5.74) is 0. The minimum Gasteiger partial charge on any atom is -0.463 e. The molecule has 0 saturated carbocycles. The van der Waals surface area contributed by atoms with Crippen molar-refractivity contribution in [1.82, 2.24) is 0 Å². The maximum absolute atomic E-state index is 10.9. The Morgan fingerprint density at radius 1 is 0.885 bits per heavy atom. The van der Waals surface area contributed by atoms with E-state index in [-0.39, 0.29) is 0 Å². The molecule has 2 saturated heterocycles. The van der Waals surface area contributed by atoms with Gasteiger partial charge in [0.2, 0.25) is 0 Å². The fourth-order valence-corrected chi connectivity index (χ4v) is 2.76. The number of hydrogen-bond acceptors (Lipinski definition) is 12. The van der Waals surface area contributed by atoms with Crippen molar-refractivity contribution < 1.29 is 59.5 Å². The molecule has 0 amide bonds. The highest BCUT2D eigenvalue weighted by Crippen LogP contribution is 2.28.